The van der Waals surface area contributed by atoms with E-state index in [4.69, 9.17) is 9.47 Å². The smallest absolute Gasteiger partial charge is 0.146 e. The molecule has 4 heteroatoms. The first-order valence-corrected chi connectivity index (χ1v) is 5.30. The Labute approximate surface area is 95.6 Å². The van der Waals surface area contributed by atoms with Crippen molar-refractivity contribution >= 4 is 5.69 Å². The molecule has 0 radical (unpaired) electrons. The lowest BCUT2D eigenvalue weighted by Gasteiger charge is -2.08. The molecule has 3 nitrogen and oxygen atoms in total. The zero-order chi connectivity index (χ0) is 11.8. The molecule has 1 N–H and O–H groups in total. The van der Waals surface area contributed by atoms with Gasteiger partial charge in [-0.15, -0.1) is 0 Å². The Kier molecular flexibility index (Phi) is 5.82. The highest BCUT2D eigenvalue weighted by Gasteiger charge is 2.00. The number of rotatable bonds is 7. The maximum Gasteiger partial charge on any atom is 0.146 e. The van der Waals surface area contributed by atoms with Gasteiger partial charge >= 0.3 is 0 Å². The van der Waals surface area contributed by atoms with Crippen LogP contribution in [0.3, 0.4) is 0 Å². The highest BCUT2D eigenvalue weighted by atomic mass is 19.1. The zero-order valence-corrected chi connectivity index (χ0v) is 9.75. The molecular formula is C12H18FNO2. The van der Waals surface area contributed by atoms with Gasteiger partial charge in [-0.2, -0.15) is 0 Å². The summed E-state index contributed by atoms with van der Waals surface area (Å²) in [5.41, 5.74) is 1.43. The van der Waals surface area contributed by atoms with Crippen LogP contribution in [0, 0.1) is 12.7 Å². The van der Waals surface area contributed by atoms with Gasteiger partial charge in [0.25, 0.3) is 0 Å². The van der Waals surface area contributed by atoms with Gasteiger partial charge in [0.2, 0.25) is 0 Å². The quantitative estimate of drug-likeness (QED) is 0.724. The summed E-state index contributed by atoms with van der Waals surface area (Å²) < 4.78 is 23.4. The van der Waals surface area contributed by atoms with E-state index in [1.165, 1.54) is 6.07 Å². The van der Waals surface area contributed by atoms with Crippen molar-refractivity contribution in [3.05, 3.63) is 29.6 Å². The average Bonchev–Trinajstić information content (AvgIpc) is 2.26. The van der Waals surface area contributed by atoms with E-state index in [-0.39, 0.29) is 5.82 Å². The minimum atomic E-state index is -0.225. The van der Waals surface area contributed by atoms with Gasteiger partial charge in [-0.25, -0.2) is 4.39 Å². The average molecular weight is 227 g/mol. The summed E-state index contributed by atoms with van der Waals surface area (Å²) in [6.45, 7) is 4.13. The van der Waals surface area contributed by atoms with Gasteiger partial charge in [-0.05, 0) is 24.6 Å². The molecule has 0 heterocycles. The number of methoxy groups -OCH3 is 1. The first-order valence-electron chi connectivity index (χ1n) is 5.30. The van der Waals surface area contributed by atoms with Gasteiger partial charge in [0.05, 0.1) is 25.5 Å². The first-order chi connectivity index (χ1) is 7.74. The van der Waals surface area contributed by atoms with Crippen molar-refractivity contribution < 1.29 is 13.9 Å². The monoisotopic (exact) mass is 227 g/mol. The van der Waals surface area contributed by atoms with Crippen LogP contribution >= 0.6 is 0 Å². The number of benzene rings is 1. The van der Waals surface area contributed by atoms with E-state index in [9.17, 15) is 4.39 Å². The molecular weight excluding hydrogens is 209 g/mol. The molecule has 0 aliphatic carbocycles. The molecule has 0 saturated carbocycles. The standard InChI is InChI=1S/C12H18FNO2/c1-10-3-4-12(11(13)9-10)14-5-6-16-8-7-15-2/h3-4,9,14H,5-8H2,1-2H3. The third kappa shape index (κ3) is 4.59. The molecule has 1 rings (SSSR count). The number of hydrogen-bond acceptors (Lipinski definition) is 3. The van der Waals surface area contributed by atoms with E-state index >= 15 is 0 Å². The van der Waals surface area contributed by atoms with Crippen molar-refractivity contribution in [3.8, 4) is 0 Å². The molecule has 0 aliphatic heterocycles. The van der Waals surface area contributed by atoms with Crippen molar-refractivity contribution in [2.75, 3.05) is 38.8 Å². The summed E-state index contributed by atoms with van der Waals surface area (Å²) in [6, 6.07) is 5.12. The third-order valence-electron chi connectivity index (χ3n) is 2.12. The van der Waals surface area contributed by atoms with Crippen LogP contribution in [-0.2, 0) is 9.47 Å². The fourth-order valence-electron chi connectivity index (χ4n) is 1.27. The number of hydrogen-bond donors (Lipinski definition) is 1. The molecule has 1 aromatic rings. The van der Waals surface area contributed by atoms with Crippen LogP contribution in [0.1, 0.15) is 5.56 Å². The Morgan fingerprint density at radius 2 is 2.06 bits per heavy atom. The van der Waals surface area contributed by atoms with Crippen molar-refractivity contribution in [1.29, 1.82) is 0 Å². The van der Waals surface area contributed by atoms with Gasteiger partial charge in [0.15, 0.2) is 0 Å². The van der Waals surface area contributed by atoms with Crippen LogP contribution in [0.25, 0.3) is 0 Å². The van der Waals surface area contributed by atoms with E-state index in [1.54, 1.807) is 13.2 Å². The van der Waals surface area contributed by atoms with E-state index in [2.05, 4.69) is 5.32 Å². The lowest BCUT2D eigenvalue weighted by Crippen LogP contribution is -2.12. The summed E-state index contributed by atoms with van der Waals surface area (Å²) in [5.74, 6) is -0.225. The van der Waals surface area contributed by atoms with Crippen molar-refractivity contribution in [1.82, 2.24) is 0 Å². The summed E-state index contributed by atoms with van der Waals surface area (Å²) in [6.07, 6.45) is 0. The second-order valence-electron chi connectivity index (χ2n) is 3.52. The van der Waals surface area contributed by atoms with Crippen LogP contribution in [-0.4, -0.2) is 33.5 Å². The Balaban J connectivity index is 2.21. The lowest BCUT2D eigenvalue weighted by atomic mass is 10.2. The Morgan fingerprint density at radius 3 is 2.75 bits per heavy atom. The normalized spacial score (nSPS) is 10.4. The predicted molar refractivity (Wildman–Crippen MR) is 62.3 cm³/mol. The van der Waals surface area contributed by atoms with Gasteiger partial charge in [-0.1, -0.05) is 6.07 Å². The van der Waals surface area contributed by atoms with E-state index < -0.39 is 0 Å². The van der Waals surface area contributed by atoms with Crippen molar-refractivity contribution in [2.45, 2.75) is 6.92 Å². The predicted octanol–water partition coefficient (Wildman–Crippen LogP) is 2.21. The summed E-state index contributed by atoms with van der Waals surface area (Å²) in [5, 5.41) is 2.98. The SMILES string of the molecule is COCCOCCNc1ccc(C)cc1F. The number of halogens is 1. The van der Waals surface area contributed by atoms with Gasteiger partial charge in [0, 0.05) is 13.7 Å². The van der Waals surface area contributed by atoms with Crippen LogP contribution in [0.5, 0.6) is 0 Å². The fourth-order valence-corrected chi connectivity index (χ4v) is 1.27. The maximum absolute atomic E-state index is 13.4. The van der Waals surface area contributed by atoms with Gasteiger partial charge in [0.1, 0.15) is 5.82 Å². The van der Waals surface area contributed by atoms with Gasteiger partial charge < -0.3 is 14.8 Å². The molecule has 0 amide bonds. The number of nitrogens with one attached hydrogen (secondary N) is 1. The molecule has 0 unspecified atom stereocenters. The summed E-state index contributed by atoms with van der Waals surface area (Å²) >= 11 is 0. The molecule has 0 bridgehead atoms. The third-order valence-corrected chi connectivity index (χ3v) is 2.12. The van der Waals surface area contributed by atoms with E-state index in [0.29, 0.717) is 32.1 Å². The molecule has 0 aromatic heterocycles. The second-order valence-corrected chi connectivity index (χ2v) is 3.52. The summed E-state index contributed by atoms with van der Waals surface area (Å²) in [4.78, 5) is 0. The highest BCUT2D eigenvalue weighted by Crippen LogP contribution is 2.14. The summed E-state index contributed by atoms with van der Waals surface area (Å²) in [7, 11) is 1.63. The number of aryl methyl sites for hydroxylation is 1. The van der Waals surface area contributed by atoms with Crippen LogP contribution in [0.2, 0.25) is 0 Å². The molecule has 0 atom stereocenters. The van der Waals surface area contributed by atoms with Crippen LogP contribution in [0.15, 0.2) is 18.2 Å². The molecule has 0 fully saturated rings. The maximum atomic E-state index is 13.4. The molecule has 90 valence electrons. The molecule has 1 aromatic carbocycles. The molecule has 16 heavy (non-hydrogen) atoms. The minimum Gasteiger partial charge on any atom is -0.382 e. The Morgan fingerprint density at radius 1 is 1.25 bits per heavy atom. The number of ether oxygens (including phenoxy) is 2. The second kappa shape index (κ2) is 7.19. The lowest BCUT2D eigenvalue weighted by molar-refractivity contribution is 0.0759. The molecule has 0 spiro atoms. The van der Waals surface area contributed by atoms with Gasteiger partial charge in [-0.3, -0.25) is 0 Å². The van der Waals surface area contributed by atoms with E-state index in [0.717, 1.165) is 5.56 Å². The minimum absolute atomic E-state index is 0.225. The van der Waals surface area contributed by atoms with Crippen LogP contribution < -0.4 is 5.32 Å². The number of anilines is 1. The molecule has 0 aliphatic rings. The Hall–Kier alpha value is -1.13. The topological polar surface area (TPSA) is 30.5 Å². The highest BCUT2D eigenvalue weighted by molar-refractivity contribution is 5.45. The van der Waals surface area contributed by atoms with Crippen LogP contribution in [0.4, 0.5) is 10.1 Å². The van der Waals surface area contributed by atoms with E-state index in [1.807, 2.05) is 13.0 Å². The zero-order valence-electron chi connectivity index (χ0n) is 9.75. The largest absolute Gasteiger partial charge is 0.382 e. The van der Waals surface area contributed by atoms with Crippen molar-refractivity contribution in [2.24, 2.45) is 0 Å². The van der Waals surface area contributed by atoms with Crippen molar-refractivity contribution in [3.63, 3.8) is 0 Å². The fraction of sp³-hybridized carbons (Fsp3) is 0.500. The first kappa shape index (κ1) is 12.9. The molecule has 0 saturated heterocycles. The Bertz CT molecular complexity index is 318.